The Kier molecular flexibility index (Phi) is 3.03. The van der Waals surface area contributed by atoms with E-state index in [1.807, 2.05) is 0 Å². The number of nitrogens with zero attached hydrogens (tertiary/aromatic N) is 1. The van der Waals surface area contributed by atoms with Crippen LogP contribution in [0.15, 0.2) is 24.5 Å². The molecule has 1 aromatic rings. The van der Waals surface area contributed by atoms with E-state index in [2.05, 4.69) is 9.72 Å². The van der Waals surface area contributed by atoms with E-state index in [1.54, 1.807) is 0 Å². The molecule has 0 aliphatic rings. The second-order valence-corrected chi connectivity index (χ2v) is 2.41. The summed E-state index contributed by atoms with van der Waals surface area (Å²) in [5, 5.41) is 0. The predicted octanol–water partition coefficient (Wildman–Crippen LogP) is 1.33. The molecule has 1 rings (SSSR count). The van der Waals surface area contributed by atoms with Crippen molar-refractivity contribution in [1.82, 2.24) is 4.98 Å². The zero-order valence-electron chi connectivity index (χ0n) is 7.12. The number of carbonyl (C=O) groups excluding carboxylic acids is 2. The van der Waals surface area contributed by atoms with Crippen LogP contribution in [0.5, 0.6) is 0 Å². The molecule has 0 bridgehead atoms. The number of alkyl halides is 3. The predicted molar refractivity (Wildman–Crippen MR) is 40.7 cm³/mol. The second-order valence-electron chi connectivity index (χ2n) is 2.41. The van der Waals surface area contributed by atoms with Crippen molar-refractivity contribution in [2.45, 2.75) is 6.18 Å². The van der Waals surface area contributed by atoms with E-state index in [9.17, 15) is 22.8 Å². The minimum Gasteiger partial charge on any atom is -0.383 e. The molecule has 0 amide bonds. The first-order chi connectivity index (χ1) is 6.91. The Morgan fingerprint density at radius 1 is 1.20 bits per heavy atom. The lowest BCUT2D eigenvalue weighted by Crippen LogP contribution is -2.28. The Bertz CT molecular complexity index is 374. The molecule has 0 atom stereocenters. The molecule has 1 heterocycles. The fourth-order valence-corrected chi connectivity index (χ4v) is 0.689. The standard InChI is InChI=1S/C8H4F3NO3/c9-8(10,11)7(14)15-6(13)5-1-3-12-4-2-5/h1-4H. The summed E-state index contributed by atoms with van der Waals surface area (Å²) < 4.78 is 38.6. The highest BCUT2D eigenvalue weighted by molar-refractivity contribution is 5.97. The van der Waals surface area contributed by atoms with Gasteiger partial charge >= 0.3 is 18.1 Å². The minimum absolute atomic E-state index is 0.178. The molecule has 15 heavy (non-hydrogen) atoms. The lowest BCUT2D eigenvalue weighted by Gasteiger charge is -2.04. The van der Waals surface area contributed by atoms with Crippen molar-refractivity contribution in [1.29, 1.82) is 0 Å². The van der Waals surface area contributed by atoms with E-state index in [0.717, 1.165) is 12.1 Å². The summed E-state index contributed by atoms with van der Waals surface area (Å²) in [6.07, 6.45) is -2.80. The first-order valence-corrected chi connectivity index (χ1v) is 3.64. The summed E-state index contributed by atoms with van der Waals surface area (Å²) in [6, 6.07) is 2.26. The second kappa shape index (κ2) is 4.07. The molecule has 7 heteroatoms. The van der Waals surface area contributed by atoms with Gasteiger partial charge in [-0.05, 0) is 12.1 Å². The van der Waals surface area contributed by atoms with E-state index in [4.69, 9.17) is 0 Å². The highest BCUT2D eigenvalue weighted by atomic mass is 19.4. The van der Waals surface area contributed by atoms with E-state index >= 15 is 0 Å². The Balaban J connectivity index is 2.70. The number of halogens is 3. The fraction of sp³-hybridized carbons (Fsp3) is 0.125. The highest BCUT2D eigenvalue weighted by Crippen LogP contribution is 2.17. The molecule has 0 radical (unpaired) electrons. The van der Waals surface area contributed by atoms with Crippen molar-refractivity contribution < 1.29 is 27.5 Å². The van der Waals surface area contributed by atoms with Gasteiger partial charge in [0.15, 0.2) is 0 Å². The SMILES string of the molecule is O=C(OC(=O)C(F)(F)F)c1ccncc1. The number of carbonyl (C=O) groups is 2. The van der Waals surface area contributed by atoms with Gasteiger partial charge in [-0.15, -0.1) is 0 Å². The van der Waals surface area contributed by atoms with Gasteiger partial charge in [-0.1, -0.05) is 0 Å². The number of ether oxygens (including phenoxy) is 1. The molecule has 0 aliphatic heterocycles. The lowest BCUT2D eigenvalue weighted by molar-refractivity contribution is -0.193. The number of pyridine rings is 1. The topological polar surface area (TPSA) is 56.3 Å². The van der Waals surface area contributed by atoms with Crippen LogP contribution in [0.25, 0.3) is 0 Å². The average molecular weight is 219 g/mol. The van der Waals surface area contributed by atoms with Crippen LogP contribution in [0.4, 0.5) is 13.2 Å². The van der Waals surface area contributed by atoms with Gasteiger partial charge in [0, 0.05) is 12.4 Å². The number of esters is 2. The maximum Gasteiger partial charge on any atom is 0.491 e. The van der Waals surface area contributed by atoms with Crippen LogP contribution in [0, 0.1) is 0 Å². The molecule has 0 spiro atoms. The number of hydrogen-bond acceptors (Lipinski definition) is 4. The van der Waals surface area contributed by atoms with Gasteiger partial charge in [-0.3, -0.25) is 4.98 Å². The Hall–Kier alpha value is -1.92. The van der Waals surface area contributed by atoms with Crippen LogP contribution in [-0.4, -0.2) is 23.1 Å². The quantitative estimate of drug-likeness (QED) is 0.528. The van der Waals surface area contributed by atoms with Gasteiger partial charge in [0.1, 0.15) is 0 Å². The molecule has 0 saturated carbocycles. The van der Waals surface area contributed by atoms with Crippen molar-refractivity contribution >= 4 is 11.9 Å². The van der Waals surface area contributed by atoms with Crippen molar-refractivity contribution in [3.8, 4) is 0 Å². The van der Waals surface area contributed by atoms with Crippen molar-refractivity contribution in [2.75, 3.05) is 0 Å². The Morgan fingerprint density at radius 2 is 1.73 bits per heavy atom. The van der Waals surface area contributed by atoms with Crippen LogP contribution < -0.4 is 0 Å². The average Bonchev–Trinajstić information content (AvgIpc) is 2.17. The molecular formula is C8H4F3NO3. The number of hydrogen-bond donors (Lipinski definition) is 0. The summed E-state index contributed by atoms with van der Waals surface area (Å²) in [5.74, 6) is -3.90. The molecule has 0 N–H and O–H groups in total. The fourth-order valence-electron chi connectivity index (χ4n) is 0.689. The van der Waals surface area contributed by atoms with E-state index in [1.165, 1.54) is 12.4 Å². The van der Waals surface area contributed by atoms with Gasteiger partial charge in [0.05, 0.1) is 5.56 Å². The third-order valence-electron chi connectivity index (χ3n) is 1.33. The summed E-state index contributed by atoms with van der Waals surface area (Å²) >= 11 is 0. The first kappa shape index (κ1) is 11.2. The third kappa shape index (κ3) is 3.04. The van der Waals surface area contributed by atoms with Gasteiger partial charge < -0.3 is 4.74 Å². The Labute approximate surface area is 81.7 Å². The van der Waals surface area contributed by atoms with Crippen LogP contribution in [-0.2, 0) is 9.53 Å². The molecular weight excluding hydrogens is 215 g/mol. The van der Waals surface area contributed by atoms with Crippen LogP contribution in [0.1, 0.15) is 10.4 Å². The maximum absolute atomic E-state index is 11.7. The lowest BCUT2D eigenvalue weighted by atomic mass is 10.3. The smallest absolute Gasteiger partial charge is 0.383 e. The molecule has 0 aliphatic carbocycles. The van der Waals surface area contributed by atoms with E-state index in [0.29, 0.717) is 0 Å². The van der Waals surface area contributed by atoms with Crippen molar-refractivity contribution in [2.24, 2.45) is 0 Å². The molecule has 4 nitrogen and oxygen atoms in total. The summed E-state index contributed by atoms with van der Waals surface area (Å²) in [6.45, 7) is 0. The first-order valence-electron chi connectivity index (χ1n) is 3.64. The minimum atomic E-state index is -5.18. The molecule has 0 fully saturated rings. The van der Waals surface area contributed by atoms with Crippen LogP contribution in [0.3, 0.4) is 0 Å². The van der Waals surface area contributed by atoms with Crippen LogP contribution in [0.2, 0.25) is 0 Å². The van der Waals surface area contributed by atoms with Crippen molar-refractivity contribution in [3.05, 3.63) is 30.1 Å². The van der Waals surface area contributed by atoms with Crippen LogP contribution >= 0.6 is 0 Å². The van der Waals surface area contributed by atoms with Gasteiger partial charge in [0.2, 0.25) is 0 Å². The number of aromatic nitrogens is 1. The van der Waals surface area contributed by atoms with Gasteiger partial charge in [-0.2, -0.15) is 13.2 Å². The normalized spacial score (nSPS) is 10.9. The zero-order valence-corrected chi connectivity index (χ0v) is 7.12. The summed E-state index contributed by atoms with van der Waals surface area (Å²) in [7, 11) is 0. The molecule has 0 unspecified atom stereocenters. The largest absolute Gasteiger partial charge is 0.491 e. The third-order valence-corrected chi connectivity index (χ3v) is 1.33. The summed E-state index contributed by atoms with van der Waals surface area (Å²) in [4.78, 5) is 24.7. The number of rotatable bonds is 1. The van der Waals surface area contributed by atoms with Gasteiger partial charge in [0.25, 0.3) is 0 Å². The van der Waals surface area contributed by atoms with Gasteiger partial charge in [-0.25, -0.2) is 9.59 Å². The van der Waals surface area contributed by atoms with E-state index in [-0.39, 0.29) is 5.56 Å². The van der Waals surface area contributed by atoms with E-state index < -0.39 is 18.1 Å². The molecule has 0 aromatic carbocycles. The Morgan fingerprint density at radius 3 is 2.20 bits per heavy atom. The molecule has 1 aromatic heterocycles. The molecule has 80 valence electrons. The van der Waals surface area contributed by atoms with Crippen molar-refractivity contribution in [3.63, 3.8) is 0 Å². The zero-order chi connectivity index (χ0) is 11.5. The highest BCUT2D eigenvalue weighted by Gasteiger charge is 2.42. The summed E-state index contributed by atoms with van der Waals surface area (Å²) in [5.41, 5.74) is -0.178. The molecule has 0 saturated heterocycles. The maximum atomic E-state index is 11.7. The monoisotopic (exact) mass is 219 g/mol.